The number of anilines is 2. The van der Waals surface area contributed by atoms with Crippen molar-refractivity contribution in [3.63, 3.8) is 0 Å². The fourth-order valence-electron chi connectivity index (χ4n) is 2.86. The van der Waals surface area contributed by atoms with E-state index in [1.54, 1.807) is 0 Å². The highest BCUT2D eigenvalue weighted by Crippen LogP contribution is 2.38. The molecule has 0 aliphatic carbocycles. The van der Waals surface area contributed by atoms with Crippen LogP contribution in [-0.2, 0) is 4.79 Å². The molecule has 1 aliphatic heterocycles. The average Bonchev–Trinajstić information content (AvgIpc) is 2.91. The molecule has 0 aromatic carbocycles. The summed E-state index contributed by atoms with van der Waals surface area (Å²) >= 11 is 3.64. The number of fused-ring (bicyclic) bond motifs is 1. The van der Waals surface area contributed by atoms with Crippen molar-refractivity contribution >= 4 is 44.2 Å². The summed E-state index contributed by atoms with van der Waals surface area (Å²) in [6.45, 7) is 5.87. The molecular weight excluding hydrogens is 344 g/mol. The first-order valence-corrected chi connectivity index (χ1v) is 8.58. The van der Waals surface area contributed by atoms with Crippen molar-refractivity contribution in [3.05, 3.63) is 16.9 Å². The highest BCUT2D eigenvalue weighted by Gasteiger charge is 2.21. The Labute approximate surface area is 138 Å². The maximum Gasteiger partial charge on any atom is 0.226 e. The van der Waals surface area contributed by atoms with Gasteiger partial charge >= 0.3 is 0 Å². The number of rotatable bonds is 3. The van der Waals surface area contributed by atoms with E-state index in [0.29, 0.717) is 0 Å². The van der Waals surface area contributed by atoms with E-state index in [0.717, 1.165) is 40.0 Å². The SMILES string of the molecule is CC(C)C(=O)Nc1c[nH]c2ncc(Br)c(N3CCCCC3)c12. The van der Waals surface area contributed by atoms with Crippen LogP contribution in [0.5, 0.6) is 0 Å². The van der Waals surface area contributed by atoms with Crippen LogP contribution in [0.25, 0.3) is 11.0 Å². The number of aromatic amines is 1. The van der Waals surface area contributed by atoms with Crippen LogP contribution < -0.4 is 10.2 Å². The molecule has 0 radical (unpaired) electrons. The molecule has 3 rings (SSSR count). The first kappa shape index (κ1) is 15.3. The summed E-state index contributed by atoms with van der Waals surface area (Å²) in [6, 6.07) is 0. The normalized spacial score (nSPS) is 15.5. The Morgan fingerprint density at radius 2 is 2.09 bits per heavy atom. The lowest BCUT2D eigenvalue weighted by molar-refractivity contribution is -0.118. The number of H-pyrrole nitrogens is 1. The summed E-state index contributed by atoms with van der Waals surface area (Å²) in [6.07, 6.45) is 7.35. The fourth-order valence-corrected chi connectivity index (χ4v) is 3.41. The minimum Gasteiger partial charge on any atom is -0.370 e. The molecule has 6 heteroatoms. The molecule has 0 saturated carbocycles. The lowest BCUT2D eigenvalue weighted by Crippen LogP contribution is -2.30. The van der Waals surface area contributed by atoms with E-state index in [2.05, 4.69) is 36.1 Å². The van der Waals surface area contributed by atoms with Gasteiger partial charge < -0.3 is 15.2 Å². The van der Waals surface area contributed by atoms with Crippen LogP contribution in [-0.4, -0.2) is 29.0 Å². The number of nitrogens with one attached hydrogen (secondary N) is 2. The predicted molar refractivity (Wildman–Crippen MR) is 93.3 cm³/mol. The zero-order valence-corrected chi connectivity index (χ0v) is 14.5. The summed E-state index contributed by atoms with van der Waals surface area (Å²) < 4.78 is 0.974. The molecule has 1 saturated heterocycles. The van der Waals surface area contributed by atoms with Crippen LogP contribution in [0.4, 0.5) is 11.4 Å². The molecule has 5 nitrogen and oxygen atoms in total. The molecule has 1 aliphatic rings. The Bertz CT molecular complexity index is 689. The van der Waals surface area contributed by atoms with Crippen molar-refractivity contribution in [1.29, 1.82) is 0 Å². The number of hydrogen-bond acceptors (Lipinski definition) is 3. The van der Waals surface area contributed by atoms with Crippen molar-refractivity contribution in [3.8, 4) is 0 Å². The zero-order chi connectivity index (χ0) is 15.7. The van der Waals surface area contributed by atoms with Gasteiger partial charge in [-0.15, -0.1) is 0 Å². The maximum atomic E-state index is 12.1. The minimum atomic E-state index is -0.0523. The lowest BCUT2D eigenvalue weighted by Gasteiger charge is -2.30. The third-order valence-electron chi connectivity index (χ3n) is 4.08. The first-order valence-electron chi connectivity index (χ1n) is 7.79. The third kappa shape index (κ3) is 2.84. The highest BCUT2D eigenvalue weighted by molar-refractivity contribution is 9.10. The molecule has 2 aromatic rings. The van der Waals surface area contributed by atoms with Gasteiger partial charge in [0, 0.05) is 31.4 Å². The van der Waals surface area contributed by atoms with Crippen LogP contribution >= 0.6 is 15.9 Å². The van der Waals surface area contributed by atoms with Crippen LogP contribution in [0.15, 0.2) is 16.9 Å². The second-order valence-electron chi connectivity index (χ2n) is 6.07. The van der Waals surface area contributed by atoms with E-state index in [1.165, 1.54) is 19.3 Å². The monoisotopic (exact) mass is 364 g/mol. The smallest absolute Gasteiger partial charge is 0.226 e. The maximum absolute atomic E-state index is 12.1. The summed E-state index contributed by atoms with van der Waals surface area (Å²) in [5.74, 6) is -0.0334. The van der Waals surface area contributed by atoms with E-state index in [9.17, 15) is 4.79 Å². The lowest BCUT2D eigenvalue weighted by atomic mass is 10.1. The van der Waals surface area contributed by atoms with Crippen LogP contribution in [0.2, 0.25) is 0 Å². The van der Waals surface area contributed by atoms with Gasteiger partial charge in [0.2, 0.25) is 5.91 Å². The van der Waals surface area contributed by atoms with Gasteiger partial charge in [-0.2, -0.15) is 0 Å². The Morgan fingerprint density at radius 1 is 1.36 bits per heavy atom. The van der Waals surface area contributed by atoms with Gasteiger partial charge in [-0.25, -0.2) is 4.98 Å². The second-order valence-corrected chi connectivity index (χ2v) is 6.93. The van der Waals surface area contributed by atoms with E-state index in [4.69, 9.17) is 0 Å². The molecule has 118 valence electrons. The molecule has 1 fully saturated rings. The van der Waals surface area contributed by atoms with Crippen molar-refractivity contribution in [2.75, 3.05) is 23.3 Å². The van der Waals surface area contributed by atoms with Crippen LogP contribution in [0.3, 0.4) is 0 Å². The van der Waals surface area contributed by atoms with E-state index in [-0.39, 0.29) is 11.8 Å². The van der Waals surface area contributed by atoms with Crippen molar-refractivity contribution in [2.24, 2.45) is 5.92 Å². The van der Waals surface area contributed by atoms with E-state index >= 15 is 0 Å². The van der Waals surface area contributed by atoms with Gasteiger partial charge in [0.15, 0.2) is 0 Å². The molecule has 22 heavy (non-hydrogen) atoms. The quantitative estimate of drug-likeness (QED) is 0.867. The molecule has 1 amide bonds. The molecule has 0 unspecified atom stereocenters. The molecule has 0 bridgehead atoms. The largest absolute Gasteiger partial charge is 0.370 e. The number of hydrogen-bond donors (Lipinski definition) is 2. The number of halogens is 1. The highest BCUT2D eigenvalue weighted by atomic mass is 79.9. The minimum absolute atomic E-state index is 0.0190. The third-order valence-corrected chi connectivity index (χ3v) is 4.66. The van der Waals surface area contributed by atoms with Gasteiger partial charge in [0.05, 0.1) is 21.2 Å². The molecular formula is C16H21BrN4O. The van der Waals surface area contributed by atoms with Gasteiger partial charge in [0.1, 0.15) is 5.65 Å². The summed E-state index contributed by atoms with van der Waals surface area (Å²) in [5, 5.41) is 4.00. The fraction of sp³-hybridized carbons (Fsp3) is 0.500. The van der Waals surface area contributed by atoms with Gasteiger partial charge in [-0.3, -0.25) is 4.79 Å². The number of carbonyl (C=O) groups is 1. The molecule has 0 atom stereocenters. The van der Waals surface area contributed by atoms with Crippen LogP contribution in [0, 0.1) is 5.92 Å². The number of nitrogens with zero attached hydrogens (tertiary/aromatic N) is 2. The van der Waals surface area contributed by atoms with Gasteiger partial charge in [-0.1, -0.05) is 13.8 Å². The Morgan fingerprint density at radius 3 is 2.77 bits per heavy atom. The van der Waals surface area contributed by atoms with Crippen molar-refractivity contribution in [2.45, 2.75) is 33.1 Å². The Kier molecular flexibility index (Phi) is 4.38. The van der Waals surface area contributed by atoms with Gasteiger partial charge in [-0.05, 0) is 35.2 Å². The van der Waals surface area contributed by atoms with E-state index < -0.39 is 0 Å². The standard InChI is InChI=1S/C16H21BrN4O/c1-10(2)16(22)20-12-9-19-15-13(12)14(11(17)8-18-15)21-6-4-3-5-7-21/h8-10H,3-7H2,1-2H3,(H,18,19)(H,20,22). The number of aromatic nitrogens is 2. The summed E-state index contributed by atoms with van der Waals surface area (Å²) in [4.78, 5) is 22.0. The van der Waals surface area contributed by atoms with Crippen molar-refractivity contribution < 1.29 is 4.79 Å². The number of piperidine rings is 1. The number of amides is 1. The van der Waals surface area contributed by atoms with Gasteiger partial charge in [0.25, 0.3) is 0 Å². The van der Waals surface area contributed by atoms with E-state index in [1.807, 2.05) is 26.2 Å². The zero-order valence-electron chi connectivity index (χ0n) is 12.9. The Hall–Kier alpha value is -1.56. The molecule has 3 heterocycles. The van der Waals surface area contributed by atoms with Crippen molar-refractivity contribution in [1.82, 2.24) is 9.97 Å². The predicted octanol–water partition coefficient (Wildman–Crippen LogP) is 3.91. The molecule has 2 aromatic heterocycles. The summed E-state index contributed by atoms with van der Waals surface area (Å²) in [5.41, 5.74) is 2.75. The first-order chi connectivity index (χ1) is 10.6. The number of carbonyl (C=O) groups excluding carboxylic acids is 1. The second kappa shape index (κ2) is 6.28. The number of pyridine rings is 1. The molecule has 2 N–H and O–H groups in total. The summed E-state index contributed by atoms with van der Waals surface area (Å²) in [7, 11) is 0. The topological polar surface area (TPSA) is 61.0 Å². The Balaban J connectivity index is 2.07. The molecule has 0 spiro atoms. The van der Waals surface area contributed by atoms with Crippen LogP contribution in [0.1, 0.15) is 33.1 Å². The average molecular weight is 365 g/mol.